The average Bonchev–Trinajstić information content (AvgIpc) is 3.18. The molecule has 0 radical (unpaired) electrons. The summed E-state index contributed by atoms with van der Waals surface area (Å²) in [5.74, 6) is -0.154. The Labute approximate surface area is 337 Å². The average molecular weight is 762 g/mol. The summed E-state index contributed by atoms with van der Waals surface area (Å²) < 4.78 is 0. The third-order valence-corrected chi connectivity index (χ3v) is 11.3. The minimum Gasteiger partial charge on any atom is -0.394 e. The second kappa shape index (κ2) is 44.5. The highest BCUT2D eigenvalue weighted by molar-refractivity contribution is 5.76. The van der Waals surface area contributed by atoms with E-state index in [4.69, 9.17) is 0 Å². The van der Waals surface area contributed by atoms with E-state index in [1.54, 1.807) is 0 Å². The molecule has 0 aromatic heterocycles. The van der Waals surface area contributed by atoms with E-state index in [1.807, 2.05) is 0 Å². The topological polar surface area (TPSA) is 89.8 Å². The SMILES string of the molecule is CCCCCCCCCCC/C=C/CCCC(O)C(O)C(CO)NC(=O)CCCCCCCCCCCC/C=C\CCCCCCCCCCCCCC. The van der Waals surface area contributed by atoms with Crippen LogP contribution in [0.25, 0.3) is 0 Å². The van der Waals surface area contributed by atoms with Crippen molar-refractivity contribution in [1.82, 2.24) is 5.32 Å². The van der Waals surface area contributed by atoms with Gasteiger partial charge in [0, 0.05) is 6.42 Å². The fourth-order valence-electron chi connectivity index (χ4n) is 7.51. The van der Waals surface area contributed by atoms with E-state index in [0.717, 1.165) is 38.5 Å². The lowest BCUT2D eigenvalue weighted by Crippen LogP contribution is -2.50. The normalized spacial score (nSPS) is 13.6. The van der Waals surface area contributed by atoms with Gasteiger partial charge in [-0.3, -0.25) is 4.79 Å². The van der Waals surface area contributed by atoms with Crippen molar-refractivity contribution in [3.63, 3.8) is 0 Å². The van der Waals surface area contributed by atoms with Crippen molar-refractivity contribution < 1.29 is 20.1 Å². The standard InChI is InChI=1S/C49H95NO4/c1-3-5-7-9-11-13-15-17-19-20-21-22-23-24-25-26-27-28-29-30-32-34-36-38-40-42-44-48(53)50-46(45-51)49(54)47(52)43-41-39-37-35-33-31-18-16-14-12-10-8-6-4-2/h24-25,35,37,46-47,49,51-52,54H,3-23,26-34,36,38-45H2,1-2H3,(H,50,53)/b25-24-,37-35+. The van der Waals surface area contributed by atoms with Gasteiger partial charge < -0.3 is 20.6 Å². The maximum absolute atomic E-state index is 12.4. The molecule has 5 heteroatoms. The molecule has 3 unspecified atom stereocenters. The molecule has 0 aromatic carbocycles. The number of hydrogen-bond acceptors (Lipinski definition) is 4. The molecule has 0 fully saturated rings. The number of aliphatic hydroxyl groups is 3. The van der Waals surface area contributed by atoms with Crippen LogP contribution in [0.5, 0.6) is 0 Å². The zero-order valence-electron chi connectivity index (χ0n) is 36.4. The van der Waals surface area contributed by atoms with Crippen LogP contribution in [-0.4, -0.2) is 46.1 Å². The van der Waals surface area contributed by atoms with Gasteiger partial charge in [0.1, 0.15) is 6.10 Å². The first-order chi connectivity index (χ1) is 26.6. The van der Waals surface area contributed by atoms with Crippen molar-refractivity contribution >= 4 is 5.91 Å². The number of hydrogen-bond donors (Lipinski definition) is 4. The summed E-state index contributed by atoms with van der Waals surface area (Å²) >= 11 is 0. The maximum atomic E-state index is 12.4. The zero-order chi connectivity index (χ0) is 39.4. The smallest absolute Gasteiger partial charge is 0.220 e. The summed E-state index contributed by atoms with van der Waals surface area (Å²) in [5.41, 5.74) is 0. The van der Waals surface area contributed by atoms with E-state index < -0.39 is 18.2 Å². The summed E-state index contributed by atoms with van der Waals surface area (Å²) in [7, 11) is 0. The first-order valence-corrected chi connectivity index (χ1v) is 24.1. The Hall–Kier alpha value is -1.17. The predicted octanol–water partition coefficient (Wildman–Crippen LogP) is 14.2. The number of allylic oxidation sites excluding steroid dienone is 4. The van der Waals surface area contributed by atoms with Crippen LogP contribution < -0.4 is 5.32 Å². The van der Waals surface area contributed by atoms with Crippen molar-refractivity contribution in [2.45, 2.75) is 276 Å². The van der Waals surface area contributed by atoms with Crippen LogP contribution in [0.1, 0.15) is 258 Å². The molecule has 0 aliphatic heterocycles. The van der Waals surface area contributed by atoms with Gasteiger partial charge in [-0.1, -0.05) is 212 Å². The maximum Gasteiger partial charge on any atom is 0.220 e. The molecule has 0 saturated heterocycles. The Kier molecular flexibility index (Phi) is 43.6. The molecule has 3 atom stereocenters. The molecule has 0 rings (SSSR count). The number of carbonyl (C=O) groups is 1. The number of nitrogens with one attached hydrogen (secondary N) is 1. The molecule has 1 amide bonds. The van der Waals surface area contributed by atoms with E-state index in [2.05, 4.69) is 43.5 Å². The van der Waals surface area contributed by atoms with Crippen LogP contribution in [0.2, 0.25) is 0 Å². The van der Waals surface area contributed by atoms with Gasteiger partial charge in [-0.15, -0.1) is 0 Å². The Balaban J connectivity index is 3.58. The number of rotatable bonds is 44. The molecule has 0 heterocycles. The molecule has 0 spiro atoms. The minimum absolute atomic E-state index is 0.154. The first kappa shape index (κ1) is 52.8. The van der Waals surface area contributed by atoms with Crippen molar-refractivity contribution in [3.8, 4) is 0 Å². The zero-order valence-corrected chi connectivity index (χ0v) is 36.4. The molecule has 0 saturated carbocycles. The second-order valence-electron chi connectivity index (χ2n) is 16.7. The van der Waals surface area contributed by atoms with E-state index in [0.29, 0.717) is 12.8 Å². The van der Waals surface area contributed by atoms with E-state index in [-0.39, 0.29) is 12.5 Å². The van der Waals surface area contributed by atoms with Crippen LogP contribution in [0.3, 0.4) is 0 Å². The fraction of sp³-hybridized carbons (Fsp3) is 0.898. The van der Waals surface area contributed by atoms with E-state index >= 15 is 0 Å². The van der Waals surface area contributed by atoms with Crippen LogP contribution >= 0.6 is 0 Å². The summed E-state index contributed by atoms with van der Waals surface area (Å²) in [4.78, 5) is 12.4. The summed E-state index contributed by atoms with van der Waals surface area (Å²) in [6.45, 7) is 4.18. The van der Waals surface area contributed by atoms with Crippen LogP contribution in [-0.2, 0) is 4.79 Å². The largest absolute Gasteiger partial charge is 0.394 e. The number of aliphatic hydroxyl groups excluding tert-OH is 3. The van der Waals surface area contributed by atoms with Gasteiger partial charge in [-0.05, 0) is 64.2 Å². The molecule has 0 aliphatic rings. The minimum atomic E-state index is -1.16. The molecule has 0 aliphatic carbocycles. The Morgan fingerprint density at radius 1 is 0.444 bits per heavy atom. The highest BCUT2D eigenvalue weighted by Gasteiger charge is 2.26. The molecule has 4 N–H and O–H groups in total. The van der Waals surface area contributed by atoms with Crippen LogP contribution in [0.4, 0.5) is 0 Å². The second-order valence-corrected chi connectivity index (χ2v) is 16.7. The lowest BCUT2D eigenvalue weighted by atomic mass is 10.0. The summed E-state index contributed by atoms with van der Waals surface area (Å²) in [6, 6.07) is -0.824. The van der Waals surface area contributed by atoms with Crippen molar-refractivity contribution in [3.05, 3.63) is 24.3 Å². The summed E-state index contributed by atoms with van der Waals surface area (Å²) in [5, 5.41) is 33.5. The monoisotopic (exact) mass is 762 g/mol. The van der Waals surface area contributed by atoms with Crippen LogP contribution in [0, 0.1) is 0 Å². The van der Waals surface area contributed by atoms with Crippen molar-refractivity contribution in [1.29, 1.82) is 0 Å². The van der Waals surface area contributed by atoms with Gasteiger partial charge in [-0.2, -0.15) is 0 Å². The number of unbranched alkanes of at least 4 members (excludes halogenated alkanes) is 32. The molecule has 5 nitrogen and oxygen atoms in total. The molecule has 54 heavy (non-hydrogen) atoms. The third-order valence-electron chi connectivity index (χ3n) is 11.3. The molecule has 0 bridgehead atoms. The van der Waals surface area contributed by atoms with Gasteiger partial charge in [-0.25, -0.2) is 0 Å². The van der Waals surface area contributed by atoms with Crippen molar-refractivity contribution in [2.75, 3.05) is 6.61 Å². The summed E-state index contributed by atoms with van der Waals surface area (Å²) in [6.07, 6.45) is 54.5. The van der Waals surface area contributed by atoms with Gasteiger partial charge in [0.15, 0.2) is 0 Å². The molecule has 320 valence electrons. The lowest BCUT2D eigenvalue weighted by molar-refractivity contribution is -0.124. The quantitative estimate of drug-likeness (QED) is 0.0368. The fourth-order valence-corrected chi connectivity index (χ4v) is 7.51. The van der Waals surface area contributed by atoms with Gasteiger partial charge >= 0.3 is 0 Å². The molecular formula is C49H95NO4. The molecule has 0 aromatic rings. The number of carbonyl (C=O) groups excluding carboxylic acids is 1. The predicted molar refractivity (Wildman–Crippen MR) is 236 cm³/mol. The van der Waals surface area contributed by atoms with Crippen LogP contribution in [0.15, 0.2) is 24.3 Å². The molecular weight excluding hydrogens is 667 g/mol. The number of amides is 1. The van der Waals surface area contributed by atoms with Gasteiger partial charge in [0.25, 0.3) is 0 Å². The van der Waals surface area contributed by atoms with E-state index in [1.165, 1.54) is 193 Å². The van der Waals surface area contributed by atoms with Crippen molar-refractivity contribution in [2.24, 2.45) is 0 Å². The first-order valence-electron chi connectivity index (χ1n) is 24.1. The Morgan fingerprint density at radius 2 is 0.741 bits per heavy atom. The third kappa shape index (κ3) is 39.1. The van der Waals surface area contributed by atoms with Gasteiger partial charge in [0.2, 0.25) is 5.91 Å². The Bertz CT molecular complexity index is 799. The lowest BCUT2D eigenvalue weighted by Gasteiger charge is -2.26. The highest BCUT2D eigenvalue weighted by atomic mass is 16.3. The Morgan fingerprint density at radius 3 is 1.07 bits per heavy atom. The van der Waals surface area contributed by atoms with E-state index in [9.17, 15) is 20.1 Å². The van der Waals surface area contributed by atoms with Gasteiger partial charge in [0.05, 0.1) is 18.8 Å². The highest BCUT2D eigenvalue weighted by Crippen LogP contribution is 2.16.